The van der Waals surface area contributed by atoms with Crippen LogP contribution >= 0.6 is 22.6 Å². The van der Waals surface area contributed by atoms with Gasteiger partial charge in [0, 0.05) is 0 Å². The van der Waals surface area contributed by atoms with Crippen LogP contribution in [0.5, 0.6) is 5.75 Å². The van der Waals surface area contributed by atoms with Crippen LogP contribution in [0.1, 0.15) is 5.56 Å². The van der Waals surface area contributed by atoms with Crippen LogP contribution in [0.3, 0.4) is 0 Å². The monoisotopic (exact) mass is 393 g/mol. The molecule has 0 aliphatic rings. The van der Waals surface area contributed by atoms with Gasteiger partial charge in [0.05, 0.1) is 13.7 Å². The van der Waals surface area contributed by atoms with Crippen molar-refractivity contribution in [1.29, 1.82) is 0 Å². The van der Waals surface area contributed by atoms with Crippen molar-refractivity contribution < 1.29 is 4.74 Å². The number of rotatable bonds is 4. The predicted octanol–water partition coefficient (Wildman–Crippen LogP) is 2.40. The van der Waals surface area contributed by atoms with Gasteiger partial charge in [0.2, 0.25) is 5.82 Å². The van der Waals surface area contributed by atoms with E-state index in [1.165, 1.54) is 0 Å². The van der Waals surface area contributed by atoms with Crippen LogP contribution in [-0.4, -0.2) is 32.3 Å². The van der Waals surface area contributed by atoms with Gasteiger partial charge >= 0.3 is 0 Å². The smallest absolute Gasteiger partial charge is 0.201 e. The van der Waals surface area contributed by atoms with Crippen LogP contribution in [0.4, 0.5) is 0 Å². The Hall–Kier alpha value is -2.03. The number of ether oxygens (including phenoxy) is 1. The Morgan fingerprint density at radius 2 is 1.95 bits per heavy atom. The summed E-state index contributed by atoms with van der Waals surface area (Å²) in [6, 6.07) is 13.6. The van der Waals surface area contributed by atoms with Gasteiger partial charge in [-0.3, -0.25) is 0 Å². The van der Waals surface area contributed by atoms with Crippen molar-refractivity contribution in [1.82, 2.24) is 25.2 Å². The lowest BCUT2D eigenvalue weighted by atomic mass is 10.2. The summed E-state index contributed by atoms with van der Waals surface area (Å²) in [5, 5.41) is 11.9. The minimum atomic E-state index is 0.583. The van der Waals surface area contributed by atoms with Crippen molar-refractivity contribution in [3.05, 3.63) is 51.7 Å². The van der Waals surface area contributed by atoms with E-state index in [9.17, 15) is 0 Å². The third-order valence-electron chi connectivity index (χ3n) is 2.97. The highest BCUT2D eigenvalue weighted by molar-refractivity contribution is 14.1. The quantitative estimate of drug-likeness (QED) is 0.503. The molecule has 0 radical (unpaired) electrons. The number of pyridine rings is 1. The molecular weight excluding hydrogens is 381 g/mol. The normalized spacial score (nSPS) is 10.6. The molecular formula is C14H12IN5O. The molecule has 3 rings (SSSR count). The maximum atomic E-state index is 5.15. The van der Waals surface area contributed by atoms with Gasteiger partial charge in [0.1, 0.15) is 15.1 Å². The van der Waals surface area contributed by atoms with Crippen molar-refractivity contribution in [3.63, 3.8) is 0 Å². The van der Waals surface area contributed by atoms with Gasteiger partial charge in [-0.05, 0) is 62.8 Å². The fraction of sp³-hybridized carbons (Fsp3) is 0.143. The molecule has 7 heteroatoms. The Morgan fingerprint density at radius 3 is 2.67 bits per heavy atom. The first-order valence-electron chi connectivity index (χ1n) is 6.28. The van der Waals surface area contributed by atoms with Crippen molar-refractivity contribution in [2.24, 2.45) is 0 Å². The van der Waals surface area contributed by atoms with Gasteiger partial charge in [-0.25, -0.2) is 9.67 Å². The number of aromatic nitrogens is 5. The molecule has 106 valence electrons. The fourth-order valence-corrected chi connectivity index (χ4v) is 2.40. The zero-order valence-corrected chi connectivity index (χ0v) is 13.4. The minimum Gasteiger partial charge on any atom is -0.497 e. The van der Waals surface area contributed by atoms with E-state index in [0.717, 1.165) is 20.7 Å². The van der Waals surface area contributed by atoms with Crippen molar-refractivity contribution in [3.8, 4) is 17.3 Å². The Morgan fingerprint density at radius 1 is 1.14 bits per heavy atom. The Balaban J connectivity index is 1.88. The van der Waals surface area contributed by atoms with Crippen LogP contribution in [0, 0.1) is 3.70 Å². The van der Waals surface area contributed by atoms with Gasteiger partial charge in [0.25, 0.3) is 0 Å². The molecule has 0 saturated carbocycles. The SMILES string of the molecule is COc1ccc(Cn2nnnc2-c2cccc(I)n2)cc1. The molecule has 0 bridgehead atoms. The number of hydrogen-bond donors (Lipinski definition) is 0. The standard InChI is InChI=1S/C14H12IN5O/c1-21-11-7-5-10(6-8-11)9-20-14(17-18-19-20)12-3-2-4-13(15)16-12/h2-8H,9H2,1H3. The fourth-order valence-electron chi connectivity index (χ4n) is 1.93. The van der Waals surface area contributed by atoms with E-state index in [-0.39, 0.29) is 0 Å². The van der Waals surface area contributed by atoms with Crippen molar-refractivity contribution in [2.75, 3.05) is 7.11 Å². The van der Waals surface area contributed by atoms with E-state index in [1.807, 2.05) is 42.5 Å². The van der Waals surface area contributed by atoms with E-state index >= 15 is 0 Å². The molecule has 0 atom stereocenters. The summed E-state index contributed by atoms with van der Waals surface area (Å²) in [6.45, 7) is 0.583. The molecule has 0 saturated heterocycles. The van der Waals surface area contributed by atoms with E-state index in [2.05, 4.69) is 43.1 Å². The maximum Gasteiger partial charge on any atom is 0.201 e. The van der Waals surface area contributed by atoms with Gasteiger partial charge in [-0.1, -0.05) is 18.2 Å². The summed E-state index contributed by atoms with van der Waals surface area (Å²) < 4.78 is 7.80. The molecule has 0 aliphatic heterocycles. The summed E-state index contributed by atoms with van der Waals surface area (Å²) in [5.74, 6) is 1.49. The highest BCUT2D eigenvalue weighted by atomic mass is 127. The molecule has 21 heavy (non-hydrogen) atoms. The van der Waals surface area contributed by atoms with Gasteiger partial charge in [-0.2, -0.15) is 0 Å². The zero-order valence-electron chi connectivity index (χ0n) is 11.3. The second kappa shape index (κ2) is 6.17. The largest absolute Gasteiger partial charge is 0.497 e. The first kappa shape index (κ1) is 13.9. The average molecular weight is 393 g/mol. The van der Waals surface area contributed by atoms with Gasteiger partial charge < -0.3 is 4.74 Å². The van der Waals surface area contributed by atoms with Gasteiger partial charge in [0.15, 0.2) is 0 Å². The van der Waals surface area contributed by atoms with E-state index in [1.54, 1.807) is 11.8 Å². The number of benzene rings is 1. The highest BCUT2D eigenvalue weighted by Crippen LogP contribution is 2.17. The summed E-state index contributed by atoms with van der Waals surface area (Å²) in [4.78, 5) is 4.45. The van der Waals surface area contributed by atoms with Crippen LogP contribution in [0.15, 0.2) is 42.5 Å². The molecule has 0 spiro atoms. The first-order chi connectivity index (χ1) is 10.3. The Labute approximate surface area is 135 Å². The van der Waals surface area contributed by atoms with Crippen LogP contribution < -0.4 is 4.74 Å². The van der Waals surface area contributed by atoms with Crippen molar-refractivity contribution >= 4 is 22.6 Å². The van der Waals surface area contributed by atoms with E-state index in [0.29, 0.717) is 12.4 Å². The van der Waals surface area contributed by atoms with Gasteiger partial charge in [-0.15, -0.1) is 5.10 Å². The minimum absolute atomic E-state index is 0.583. The molecule has 2 heterocycles. The van der Waals surface area contributed by atoms with Crippen LogP contribution in [-0.2, 0) is 6.54 Å². The molecule has 6 nitrogen and oxygen atoms in total. The third-order valence-corrected chi connectivity index (χ3v) is 3.57. The first-order valence-corrected chi connectivity index (χ1v) is 7.36. The van der Waals surface area contributed by atoms with Crippen molar-refractivity contribution in [2.45, 2.75) is 6.54 Å². The molecule has 0 aliphatic carbocycles. The lowest BCUT2D eigenvalue weighted by molar-refractivity contribution is 0.414. The molecule has 0 N–H and O–H groups in total. The third kappa shape index (κ3) is 3.18. The van der Waals surface area contributed by atoms with E-state index < -0.39 is 0 Å². The van der Waals surface area contributed by atoms with Crippen LogP contribution in [0.2, 0.25) is 0 Å². The zero-order chi connectivity index (χ0) is 14.7. The second-order valence-electron chi connectivity index (χ2n) is 4.35. The lowest BCUT2D eigenvalue weighted by Gasteiger charge is -2.06. The second-order valence-corrected chi connectivity index (χ2v) is 5.46. The predicted molar refractivity (Wildman–Crippen MR) is 85.9 cm³/mol. The Kier molecular flexibility index (Phi) is 4.09. The average Bonchev–Trinajstić information content (AvgIpc) is 2.96. The van der Waals surface area contributed by atoms with Crippen LogP contribution in [0.25, 0.3) is 11.5 Å². The number of halogens is 1. The number of hydrogen-bond acceptors (Lipinski definition) is 5. The number of methoxy groups -OCH3 is 1. The molecule has 0 fully saturated rings. The summed E-state index contributed by atoms with van der Waals surface area (Å²) in [6.07, 6.45) is 0. The summed E-state index contributed by atoms with van der Waals surface area (Å²) in [5.41, 5.74) is 1.86. The molecule has 3 aromatic rings. The topological polar surface area (TPSA) is 65.7 Å². The maximum absolute atomic E-state index is 5.15. The number of nitrogens with zero attached hydrogens (tertiary/aromatic N) is 5. The Bertz CT molecular complexity index is 741. The summed E-state index contributed by atoms with van der Waals surface area (Å²) >= 11 is 2.17. The molecule has 1 aromatic carbocycles. The lowest BCUT2D eigenvalue weighted by Crippen LogP contribution is -2.05. The number of tetrazole rings is 1. The molecule has 2 aromatic heterocycles. The highest BCUT2D eigenvalue weighted by Gasteiger charge is 2.11. The van der Waals surface area contributed by atoms with E-state index in [4.69, 9.17) is 4.74 Å². The molecule has 0 unspecified atom stereocenters. The summed E-state index contributed by atoms with van der Waals surface area (Å²) in [7, 11) is 1.65. The molecule has 0 amide bonds.